The Bertz CT molecular complexity index is 222. The first-order valence-corrected chi connectivity index (χ1v) is 3.20. The van der Waals surface area contributed by atoms with Gasteiger partial charge in [-0.1, -0.05) is 11.3 Å². The van der Waals surface area contributed by atoms with Crippen LogP contribution in [-0.4, -0.2) is 10.2 Å². The van der Waals surface area contributed by atoms with Crippen molar-refractivity contribution >= 4 is 35.8 Å². The molecule has 1 aromatic rings. The quantitative estimate of drug-likeness (QED) is 0.326. The van der Waals surface area contributed by atoms with E-state index in [2.05, 4.69) is 10.2 Å². The van der Waals surface area contributed by atoms with Crippen LogP contribution in [0.4, 0.5) is 0 Å². The molecule has 0 spiro atoms. The zero-order valence-corrected chi connectivity index (χ0v) is 11.7. The average molecular weight is 196 g/mol. The summed E-state index contributed by atoms with van der Waals surface area (Å²) in [6, 6.07) is 0. The van der Waals surface area contributed by atoms with E-state index in [-0.39, 0.29) is 59.1 Å². The van der Waals surface area contributed by atoms with E-state index >= 15 is 0 Å². The maximum atomic E-state index is 4.70. The van der Waals surface area contributed by atoms with Crippen LogP contribution in [0.15, 0.2) is 0 Å². The molecule has 0 bridgehead atoms. The Morgan fingerprint density at radius 1 is 1.00 bits per heavy atom. The van der Waals surface area contributed by atoms with Crippen molar-refractivity contribution in [3.63, 3.8) is 0 Å². The Labute approximate surface area is 111 Å². The second kappa shape index (κ2) is 6.69. The van der Waals surface area contributed by atoms with Crippen molar-refractivity contribution in [2.75, 3.05) is 0 Å². The van der Waals surface area contributed by atoms with Crippen LogP contribution in [0.1, 0.15) is 0 Å². The zero-order chi connectivity index (χ0) is 5.28. The van der Waals surface area contributed by atoms with Gasteiger partial charge in [0.05, 0.1) is 0 Å². The fraction of sp³-hybridized carbons (Fsp3) is 0. The van der Waals surface area contributed by atoms with E-state index in [1.54, 1.807) is 0 Å². The second-order valence-corrected chi connectivity index (χ2v) is 3.28. The van der Waals surface area contributed by atoms with Crippen molar-refractivity contribution in [3.8, 4) is 0 Å². The molecule has 0 saturated carbocycles. The summed E-state index contributed by atoms with van der Waals surface area (Å²) < 4.78 is 1.40. The van der Waals surface area contributed by atoms with Gasteiger partial charge in [0.15, 0.2) is 7.91 Å². The molecule has 0 amide bonds. The van der Waals surface area contributed by atoms with Crippen molar-refractivity contribution in [1.82, 2.24) is 10.2 Å². The van der Waals surface area contributed by atoms with E-state index in [0.29, 0.717) is 7.91 Å². The predicted octanol–water partition coefficient (Wildman–Crippen LogP) is -4.13. The minimum absolute atomic E-state index is 0. The maximum absolute atomic E-state index is 4.70. The predicted molar refractivity (Wildman–Crippen MR) is 34.7 cm³/mol. The van der Waals surface area contributed by atoms with Gasteiger partial charge in [-0.05, 0) is 24.4 Å². The molecule has 0 aromatic carbocycles. The molecule has 0 radical (unpaired) electrons. The molecule has 1 aromatic heterocycles. The third-order valence-electron chi connectivity index (χ3n) is 0.452. The summed E-state index contributed by atoms with van der Waals surface area (Å²) in [5.41, 5.74) is 0. The molecule has 9 heavy (non-hydrogen) atoms. The fourth-order valence-corrected chi connectivity index (χ4v) is 1.37. The molecule has 0 aliphatic heterocycles. The zero-order valence-electron chi connectivity index (χ0n) is 5.22. The molecule has 0 fully saturated rings. The van der Waals surface area contributed by atoms with Gasteiger partial charge in [0.2, 0.25) is 0 Å². The van der Waals surface area contributed by atoms with Crippen LogP contribution in [0.5, 0.6) is 0 Å². The molecular formula is C2H2N2Na2S3+2. The normalized spacial score (nSPS) is 7.11. The summed E-state index contributed by atoms with van der Waals surface area (Å²) in [5, 5.41) is 5.34. The Morgan fingerprint density at radius 3 is 1.44 bits per heavy atom. The first-order valence-electron chi connectivity index (χ1n) is 1.57. The van der Waals surface area contributed by atoms with Crippen molar-refractivity contribution in [3.05, 3.63) is 7.91 Å². The Kier molecular flexibility index (Phi) is 10.1. The number of rotatable bonds is 0. The van der Waals surface area contributed by atoms with Crippen LogP contribution in [0.3, 0.4) is 0 Å². The minimum Gasteiger partial charge on any atom is -0.281 e. The maximum Gasteiger partial charge on any atom is 1.00 e. The van der Waals surface area contributed by atoms with Crippen molar-refractivity contribution in [2.24, 2.45) is 0 Å². The molecule has 0 atom stereocenters. The van der Waals surface area contributed by atoms with Crippen LogP contribution >= 0.6 is 35.8 Å². The van der Waals surface area contributed by atoms with E-state index in [1.807, 2.05) is 0 Å². The van der Waals surface area contributed by atoms with Gasteiger partial charge in [-0.15, -0.1) is 0 Å². The van der Waals surface area contributed by atoms with E-state index < -0.39 is 0 Å². The second-order valence-electron chi connectivity index (χ2n) is 0.927. The molecule has 38 valence electrons. The standard InChI is InChI=1S/C2H2N2S3.2Na/c5-1-3-4-2(6)7-1;;/h(H,3,5)(H,4,6);;/q;2*+1. The fourth-order valence-electron chi connectivity index (χ4n) is 0.237. The number of nitrogens with one attached hydrogen (secondary N) is 2. The first kappa shape index (κ1) is 13.6. The Balaban J connectivity index is 0. The van der Waals surface area contributed by atoms with Crippen LogP contribution in [0.2, 0.25) is 0 Å². The summed E-state index contributed by atoms with van der Waals surface area (Å²) in [6.45, 7) is 0. The van der Waals surface area contributed by atoms with Gasteiger partial charge >= 0.3 is 59.1 Å². The molecule has 0 unspecified atom stereocenters. The summed E-state index contributed by atoms with van der Waals surface area (Å²) in [7, 11) is 0. The van der Waals surface area contributed by atoms with E-state index in [1.165, 1.54) is 11.3 Å². The molecule has 2 N–H and O–H groups in total. The first-order chi connectivity index (χ1) is 3.29. The molecule has 1 rings (SSSR count). The van der Waals surface area contributed by atoms with Crippen LogP contribution in [-0.2, 0) is 0 Å². The summed E-state index contributed by atoms with van der Waals surface area (Å²) in [6.07, 6.45) is 0. The van der Waals surface area contributed by atoms with E-state index in [4.69, 9.17) is 24.4 Å². The van der Waals surface area contributed by atoms with E-state index in [9.17, 15) is 0 Å². The smallest absolute Gasteiger partial charge is 0.281 e. The van der Waals surface area contributed by atoms with Gasteiger partial charge in [-0.3, -0.25) is 10.2 Å². The SMILES string of the molecule is S=c1[nH][nH]c(=S)s1.[Na+].[Na+]. The van der Waals surface area contributed by atoms with Gasteiger partial charge in [0.1, 0.15) is 0 Å². The van der Waals surface area contributed by atoms with Crippen LogP contribution < -0.4 is 59.1 Å². The number of aromatic amines is 2. The molecule has 0 saturated heterocycles. The van der Waals surface area contributed by atoms with Gasteiger partial charge in [0, 0.05) is 0 Å². The molecule has 1 heterocycles. The summed E-state index contributed by atoms with van der Waals surface area (Å²) >= 11 is 10.8. The summed E-state index contributed by atoms with van der Waals surface area (Å²) in [4.78, 5) is 0. The molecular weight excluding hydrogens is 194 g/mol. The summed E-state index contributed by atoms with van der Waals surface area (Å²) in [5.74, 6) is 0. The van der Waals surface area contributed by atoms with Crippen molar-refractivity contribution in [1.29, 1.82) is 0 Å². The molecule has 0 aliphatic carbocycles. The number of aromatic nitrogens is 2. The van der Waals surface area contributed by atoms with Gasteiger partial charge < -0.3 is 0 Å². The van der Waals surface area contributed by atoms with Gasteiger partial charge in [-0.2, -0.15) is 0 Å². The largest absolute Gasteiger partial charge is 1.00 e. The van der Waals surface area contributed by atoms with Crippen molar-refractivity contribution in [2.45, 2.75) is 0 Å². The third-order valence-corrected chi connectivity index (χ3v) is 1.73. The minimum atomic E-state index is 0. The number of H-pyrrole nitrogens is 2. The third kappa shape index (κ3) is 5.29. The Morgan fingerprint density at radius 2 is 1.33 bits per heavy atom. The average Bonchev–Trinajstić information content (AvgIpc) is 1.87. The van der Waals surface area contributed by atoms with Crippen LogP contribution in [0.25, 0.3) is 0 Å². The molecule has 7 heteroatoms. The van der Waals surface area contributed by atoms with Crippen molar-refractivity contribution < 1.29 is 59.1 Å². The number of hydrogen-bond acceptors (Lipinski definition) is 3. The monoisotopic (exact) mass is 196 g/mol. The topological polar surface area (TPSA) is 31.6 Å². The van der Waals surface area contributed by atoms with Gasteiger partial charge in [-0.25, -0.2) is 0 Å². The van der Waals surface area contributed by atoms with Gasteiger partial charge in [0.25, 0.3) is 0 Å². The molecule has 2 nitrogen and oxygen atoms in total. The Hall–Kier alpha value is 2.00. The van der Waals surface area contributed by atoms with E-state index in [0.717, 1.165) is 0 Å². The molecule has 0 aliphatic rings. The number of hydrogen-bond donors (Lipinski definition) is 2. The van der Waals surface area contributed by atoms with Crippen LogP contribution in [0, 0.1) is 7.91 Å².